The van der Waals surface area contributed by atoms with E-state index in [0.717, 1.165) is 69.5 Å². The van der Waals surface area contributed by atoms with Crippen LogP contribution in [-0.4, -0.2) is 67.8 Å². The van der Waals surface area contributed by atoms with Gasteiger partial charge in [-0.25, -0.2) is 0 Å². The van der Waals surface area contributed by atoms with Crippen molar-refractivity contribution in [1.82, 2.24) is 25.4 Å². The smallest absolute Gasteiger partial charge is 0.190 e. The van der Waals surface area contributed by atoms with E-state index in [0.29, 0.717) is 13.2 Å². The van der Waals surface area contributed by atoms with Gasteiger partial charge in [-0.3, -0.25) is 4.99 Å². The van der Waals surface area contributed by atoms with E-state index in [-0.39, 0.29) is 0 Å². The van der Waals surface area contributed by atoms with Gasteiger partial charge in [0.15, 0.2) is 5.96 Å². The molecule has 1 aliphatic rings. The molecular formula is C18H34N6O2. The fraction of sp³-hybridized carbons (Fsp3) is 0.833. The Morgan fingerprint density at radius 1 is 1.08 bits per heavy atom. The molecule has 0 saturated carbocycles. The normalized spacial score (nSPS) is 14.8. The van der Waals surface area contributed by atoms with Gasteiger partial charge in [0.1, 0.15) is 11.6 Å². The molecule has 2 rings (SSSR count). The third-order valence-corrected chi connectivity index (χ3v) is 4.47. The summed E-state index contributed by atoms with van der Waals surface area (Å²) in [5.74, 6) is 3.12. The van der Waals surface area contributed by atoms with Crippen molar-refractivity contribution in [2.24, 2.45) is 4.99 Å². The summed E-state index contributed by atoms with van der Waals surface area (Å²) in [5.41, 5.74) is 0. The number of hydrogen-bond donors (Lipinski definition) is 2. The molecule has 8 nitrogen and oxygen atoms in total. The van der Waals surface area contributed by atoms with Crippen LogP contribution in [-0.2, 0) is 28.9 Å². The maximum Gasteiger partial charge on any atom is 0.190 e. The van der Waals surface area contributed by atoms with E-state index >= 15 is 0 Å². The third-order valence-electron chi connectivity index (χ3n) is 4.47. The summed E-state index contributed by atoms with van der Waals surface area (Å²) in [4.78, 5) is 4.25. The van der Waals surface area contributed by atoms with E-state index in [9.17, 15) is 0 Å². The van der Waals surface area contributed by atoms with Gasteiger partial charge in [0.25, 0.3) is 0 Å². The number of nitrogens with zero attached hydrogens (tertiary/aromatic N) is 4. The van der Waals surface area contributed by atoms with Crippen LogP contribution < -0.4 is 10.6 Å². The summed E-state index contributed by atoms with van der Waals surface area (Å²) in [6.45, 7) is 4.80. The number of guanidine groups is 1. The molecule has 0 fully saturated rings. The summed E-state index contributed by atoms with van der Waals surface area (Å²) in [6, 6.07) is 0. The molecular weight excluding hydrogens is 332 g/mol. The second-order valence-corrected chi connectivity index (χ2v) is 6.48. The first-order valence-electron chi connectivity index (χ1n) is 9.77. The number of hydrogen-bond acceptors (Lipinski definition) is 5. The zero-order chi connectivity index (χ0) is 18.5. The van der Waals surface area contributed by atoms with Crippen LogP contribution in [0.4, 0.5) is 0 Å². The first-order valence-corrected chi connectivity index (χ1v) is 9.77. The minimum atomic E-state index is 0.645. The molecule has 1 aromatic rings. The lowest BCUT2D eigenvalue weighted by molar-refractivity contribution is 0.0698. The summed E-state index contributed by atoms with van der Waals surface area (Å²) in [7, 11) is 3.47. The quantitative estimate of drug-likeness (QED) is 0.347. The fourth-order valence-corrected chi connectivity index (χ4v) is 3.03. The highest BCUT2D eigenvalue weighted by molar-refractivity contribution is 5.79. The van der Waals surface area contributed by atoms with Gasteiger partial charge in [-0.1, -0.05) is 6.42 Å². The van der Waals surface area contributed by atoms with Gasteiger partial charge >= 0.3 is 0 Å². The van der Waals surface area contributed by atoms with Crippen LogP contribution in [0.2, 0.25) is 0 Å². The number of aryl methyl sites for hydroxylation is 2. The Kier molecular flexibility index (Phi) is 10.0. The zero-order valence-corrected chi connectivity index (χ0v) is 16.3. The first-order chi connectivity index (χ1) is 12.8. The van der Waals surface area contributed by atoms with E-state index < -0.39 is 0 Å². The van der Waals surface area contributed by atoms with Crippen LogP contribution in [0.5, 0.6) is 0 Å². The van der Waals surface area contributed by atoms with Crippen molar-refractivity contribution in [1.29, 1.82) is 0 Å². The highest BCUT2D eigenvalue weighted by atomic mass is 16.5. The van der Waals surface area contributed by atoms with Crippen LogP contribution >= 0.6 is 0 Å². The molecule has 0 saturated heterocycles. The molecule has 0 bridgehead atoms. The molecule has 1 aromatic heterocycles. The van der Waals surface area contributed by atoms with Crippen LogP contribution in [0, 0.1) is 0 Å². The summed E-state index contributed by atoms with van der Waals surface area (Å²) >= 11 is 0. The van der Waals surface area contributed by atoms with E-state index in [1.807, 2.05) is 0 Å². The third kappa shape index (κ3) is 7.29. The van der Waals surface area contributed by atoms with Crippen molar-refractivity contribution in [2.45, 2.75) is 51.5 Å². The molecule has 0 aliphatic carbocycles. The molecule has 0 atom stereocenters. The van der Waals surface area contributed by atoms with Gasteiger partial charge in [0.05, 0.1) is 13.2 Å². The van der Waals surface area contributed by atoms with E-state index in [1.165, 1.54) is 19.3 Å². The Labute approximate surface area is 156 Å². The van der Waals surface area contributed by atoms with Gasteiger partial charge < -0.3 is 24.7 Å². The summed E-state index contributed by atoms with van der Waals surface area (Å²) in [5, 5.41) is 15.4. The Morgan fingerprint density at radius 2 is 1.92 bits per heavy atom. The molecule has 0 radical (unpaired) electrons. The van der Waals surface area contributed by atoms with Gasteiger partial charge in [-0.05, 0) is 25.7 Å². The predicted octanol–water partition coefficient (Wildman–Crippen LogP) is 1.16. The molecule has 0 spiro atoms. The number of methoxy groups -OCH3 is 1. The monoisotopic (exact) mass is 366 g/mol. The lowest BCUT2D eigenvalue weighted by Crippen LogP contribution is -2.38. The summed E-state index contributed by atoms with van der Waals surface area (Å²) < 4.78 is 12.7. The second kappa shape index (κ2) is 12.6. The Balaban J connectivity index is 1.57. The topological polar surface area (TPSA) is 85.6 Å². The Morgan fingerprint density at radius 3 is 2.73 bits per heavy atom. The standard InChI is InChI=1S/C18H34N6O2/c1-19-18(21-11-7-13-26-15-14-25-2)20-10-6-9-17-23-22-16-8-4-3-5-12-24(16)17/h3-15H2,1-2H3,(H2,19,20,21). The molecule has 1 aliphatic heterocycles. The first kappa shape index (κ1) is 20.6. The van der Waals surface area contributed by atoms with Gasteiger partial charge in [0.2, 0.25) is 0 Å². The van der Waals surface area contributed by atoms with Crippen molar-refractivity contribution in [3.05, 3.63) is 11.6 Å². The number of aliphatic imine (C=N–C) groups is 1. The second-order valence-electron chi connectivity index (χ2n) is 6.48. The maximum absolute atomic E-state index is 5.44. The molecule has 0 aromatic carbocycles. The largest absolute Gasteiger partial charge is 0.382 e. The van der Waals surface area contributed by atoms with E-state index in [2.05, 4.69) is 30.4 Å². The van der Waals surface area contributed by atoms with Crippen molar-refractivity contribution >= 4 is 5.96 Å². The van der Waals surface area contributed by atoms with E-state index in [1.54, 1.807) is 14.2 Å². The average Bonchev–Trinajstić information content (AvgIpc) is 2.88. The lowest BCUT2D eigenvalue weighted by atomic mass is 10.2. The van der Waals surface area contributed by atoms with Crippen LogP contribution in [0.1, 0.15) is 43.8 Å². The molecule has 2 heterocycles. The highest BCUT2D eigenvalue weighted by Gasteiger charge is 2.14. The van der Waals surface area contributed by atoms with Crippen LogP contribution in [0.15, 0.2) is 4.99 Å². The van der Waals surface area contributed by atoms with Crippen molar-refractivity contribution < 1.29 is 9.47 Å². The van der Waals surface area contributed by atoms with Crippen molar-refractivity contribution in [3.8, 4) is 0 Å². The minimum absolute atomic E-state index is 0.645. The minimum Gasteiger partial charge on any atom is -0.382 e. The number of nitrogens with one attached hydrogen (secondary N) is 2. The van der Waals surface area contributed by atoms with Crippen molar-refractivity contribution in [3.63, 3.8) is 0 Å². The van der Waals surface area contributed by atoms with Gasteiger partial charge in [-0.15, -0.1) is 10.2 Å². The lowest BCUT2D eigenvalue weighted by Gasteiger charge is -2.12. The van der Waals surface area contributed by atoms with Crippen LogP contribution in [0.25, 0.3) is 0 Å². The van der Waals surface area contributed by atoms with Gasteiger partial charge in [-0.2, -0.15) is 0 Å². The summed E-state index contributed by atoms with van der Waals surface area (Å²) in [6.07, 6.45) is 7.74. The number of rotatable bonds is 11. The highest BCUT2D eigenvalue weighted by Crippen LogP contribution is 2.15. The Hall–Kier alpha value is -1.67. The van der Waals surface area contributed by atoms with Gasteiger partial charge in [0, 0.05) is 53.2 Å². The molecule has 148 valence electrons. The number of ether oxygens (including phenoxy) is 2. The molecule has 8 heteroatoms. The fourth-order valence-electron chi connectivity index (χ4n) is 3.03. The average molecular weight is 367 g/mol. The number of aromatic nitrogens is 3. The maximum atomic E-state index is 5.44. The Bertz CT molecular complexity index is 532. The molecule has 26 heavy (non-hydrogen) atoms. The molecule has 0 amide bonds. The predicted molar refractivity (Wildman–Crippen MR) is 103 cm³/mol. The van der Waals surface area contributed by atoms with Crippen molar-refractivity contribution in [2.75, 3.05) is 47.1 Å². The number of fused-ring (bicyclic) bond motifs is 1. The molecule has 0 unspecified atom stereocenters. The van der Waals surface area contributed by atoms with Crippen LogP contribution in [0.3, 0.4) is 0 Å². The molecule has 2 N–H and O–H groups in total. The SMILES string of the molecule is CN=C(NCCCOCCOC)NCCCc1nnc2n1CCCCC2. The van der Waals surface area contributed by atoms with E-state index in [4.69, 9.17) is 9.47 Å². The zero-order valence-electron chi connectivity index (χ0n) is 16.3.